The number of amidine groups is 1. The summed E-state index contributed by atoms with van der Waals surface area (Å²) in [6.07, 6.45) is 1.14. The average molecular weight is 238 g/mol. The summed E-state index contributed by atoms with van der Waals surface area (Å²) in [5.74, 6) is 2.24. The molecule has 3 N–H and O–H groups in total. The third-order valence-corrected chi connectivity index (χ3v) is 3.57. The second kappa shape index (κ2) is 7.17. The maximum absolute atomic E-state index is 8.78. The molecule has 0 aromatic heterocycles. The number of hydrogen-bond donors (Lipinski definition) is 2. The zero-order valence-electron chi connectivity index (χ0n) is 9.47. The van der Waals surface area contributed by atoms with Gasteiger partial charge in [-0.25, -0.2) is 0 Å². The van der Waals surface area contributed by atoms with Crippen LogP contribution in [0.1, 0.15) is 24.8 Å². The molecule has 3 nitrogen and oxygen atoms in total. The standard InChI is InChI=1S/C12H18N2OS/c1-2-8-16-9-11(12(13)14-15)10-6-4-3-5-7-10/h3-7,11,15H,2,8-9H2,1H3,(H2,13,14). The number of oxime groups is 1. The van der Waals surface area contributed by atoms with E-state index in [-0.39, 0.29) is 11.8 Å². The molecule has 0 saturated heterocycles. The summed E-state index contributed by atoms with van der Waals surface area (Å²) in [5.41, 5.74) is 6.82. The smallest absolute Gasteiger partial charge is 0.147 e. The first-order chi connectivity index (χ1) is 7.79. The highest BCUT2D eigenvalue weighted by atomic mass is 32.2. The minimum absolute atomic E-state index is 0.00255. The Morgan fingerprint density at radius 2 is 2.12 bits per heavy atom. The van der Waals surface area contributed by atoms with Gasteiger partial charge in [-0.1, -0.05) is 42.4 Å². The fraction of sp³-hybridized carbons (Fsp3) is 0.417. The summed E-state index contributed by atoms with van der Waals surface area (Å²) in [6, 6.07) is 9.92. The molecule has 0 aliphatic rings. The van der Waals surface area contributed by atoms with Gasteiger partial charge in [0.15, 0.2) is 0 Å². The molecule has 0 heterocycles. The minimum atomic E-state index is 0.00255. The lowest BCUT2D eigenvalue weighted by Gasteiger charge is -2.15. The van der Waals surface area contributed by atoms with Crippen LogP contribution in [0.15, 0.2) is 35.5 Å². The monoisotopic (exact) mass is 238 g/mol. The van der Waals surface area contributed by atoms with Crippen LogP contribution in [-0.2, 0) is 0 Å². The Kier molecular flexibility index (Phi) is 5.78. The topological polar surface area (TPSA) is 58.6 Å². The van der Waals surface area contributed by atoms with E-state index in [0.29, 0.717) is 0 Å². The van der Waals surface area contributed by atoms with Crippen LogP contribution in [0, 0.1) is 0 Å². The Morgan fingerprint density at radius 1 is 1.44 bits per heavy atom. The predicted octanol–water partition coefficient (Wildman–Crippen LogP) is 2.66. The lowest BCUT2D eigenvalue weighted by Crippen LogP contribution is -2.24. The predicted molar refractivity (Wildman–Crippen MR) is 70.2 cm³/mol. The molecule has 0 spiro atoms. The molecule has 1 aromatic carbocycles. The van der Waals surface area contributed by atoms with Crippen molar-refractivity contribution in [2.75, 3.05) is 11.5 Å². The van der Waals surface area contributed by atoms with E-state index in [9.17, 15) is 0 Å². The van der Waals surface area contributed by atoms with Gasteiger partial charge in [-0.05, 0) is 17.7 Å². The van der Waals surface area contributed by atoms with E-state index in [2.05, 4.69) is 12.1 Å². The van der Waals surface area contributed by atoms with Crippen LogP contribution in [0.2, 0.25) is 0 Å². The van der Waals surface area contributed by atoms with E-state index in [1.165, 1.54) is 0 Å². The Hall–Kier alpha value is -1.16. The normalized spacial score (nSPS) is 13.7. The van der Waals surface area contributed by atoms with E-state index in [1.54, 1.807) is 0 Å². The number of benzene rings is 1. The van der Waals surface area contributed by atoms with Crippen LogP contribution in [0.25, 0.3) is 0 Å². The molecule has 1 aromatic rings. The van der Waals surface area contributed by atoms with Crippen molar-refractivity contribution in [3.05, 3.63) is 35.9 Å². The summed E-state index contributed by atoms with van der Waals surface area (Å²) in [5, 5.41) is 11.9. The highest BCUT2D eigenvalue weighted by Crippen LogP contribution is 2.21. The van der Waals surface area contributed by atoms with Gasteiger partial charge in [-0.15, -0.1) is 0 Å². The fourth-order valence-electron chi connectivity index (χ4n) is 1.45. The zero-order chi connectivity index (χ0) is 11.8. The molecule has 1 unspecified atom stereocenters. The Balaban J connectivity index is 2.72. The van der Waals surface area contributed by atoms with Crippen molar-refractivity contribution >= 4 is 17.6 Å². The van der Waals surface area contributed by atoms with E-state index < -0.39 is 0 Å². The molecule has 4 heteroatoms. The maximum Gasteiger partial charge on any atom is 0.147 e. The largest absolute Gasteiger partial charge is 0.409 e. The van der Waals surface area contributed by atoms with Gasteiger partial charge < -0.3 is 10.9 Å². The SMILES string of the molecule is CCCSCC(C(N)=NO)c1ccccc1. The van der Waals surface area contributed by atoms with Crippen LogP contribution in [0.5, 0.6) is 0 Å². The summed E-state index contributed by atoms with van der Waals surface area (Å²) in [7, 11) is 0. The van der Waals surface area contributed by atoms with Crippen LogP contribution >= 0.6 is 11.8 Å². The van der Waals surface area contributed by atoms with Crippen molar-refractivity contribution in [1.29, 1.82) is 0 Å². The zero-order valence-corrected chi connectivity index (χ0v) is 10.3. The van der Waals surface area contributed by atoms with E-state index in [1.807, 2.05) is 42.1 Å². The first-order valence-corrected chi connectivity index (χ1v) is 6.55. The summed E-state index contributed by atoms with van der Waals surface area (Å²) in [6.45, 7) is 2.15. The average Bonchev–Trinajstić information content (AvgIpc) is 2.35. The van der Waals surface area contributed by atoms with Crippen molar-refractivity contribution in [3.63, 3.8) is 0 Å². The van der Waals surface area contributed by atoms with Crippen LogP contribution in [0.4, 0.5) is 0 Å². The third kappa shape index (κ3) is 3.77. The van der Waals surface area contributed by atoms with Gasteiger partial charge in [0.25, 0.3) is 0 Å². The Bertz CT molecular complexity index is 327. The van der Waals surface area contributed by atoms with Gasteiger partial charge in [-0.2, -0.15) is 11.8 Å². The molecule has 0 saturated carbocycles. The number of thioether (sulfide) groups is 1. The first-order valence-electron chi connectivity index (χ1n) is 5.39. The van der Waals surface area contributed by atoms with Gasteiger partial charge in [0.2, 0.25) is 0 Å². The molecular weight excluding hydrogens is 220 g/mol. The molecule has 16 heavy (non-hydrogen) atoms. The molecule has 1 rings (SSSR count). The summed E-state index contributed by atoms with van der Waals surface area (Å²) >= 11 is 1.83. The number of nitrogens with two attached hydrogens (primary N) is 1. The lowest BCUT2D eigenvalue weighted by molar-refractivity contribution is 0.316. The van der Waals surface area contributed by atoms with Crippen LogP contribution in [0.3, 0.4) is 0 Å². The molecule has 0 radical (unpaired) electrons. The van der Waals surface area contributed by atoms with E-state index >= 15 is 0 Å². The fourth-order valence-corrected chi connectivity index (χ4v) is 2.51. The van der Waals surface area contributed by atoms with Gasteiger partial charge >= 0.3 is 0 Å². The minimum Gasteiger partial charge on any atom is -0.409 e. The van der Waals surface area contributed by atoms with E-state index in [4.69, 9.17) is 10.9 Å². The van der Waals surface area contributed by atoms with Crippen molar-refractivity contribution in [2.45, 2.75) is 19.3 Å². The quantitative estimate of drug-likeness (QED) is 0.263. The number of hydrogen-bond acceptors (Lipinski definition) is 3. The van der Waals surface area contributed by atoms with Crippen molar-refractivity contribution in [1.82, 2.24) is 0 Å². The summed E-state index contributed by atoms with van der Waals surface area (Å²) < 4.78 is 0. The van der Waals surface area contributed by atoms with Gasteiger partial charge in [0, 0.05) is 5.75 Å². The second-order valence-electron chi connectivity index (χ2n) is 3.56. The molecule has 0 fully saturated rings. The van der Waals surface area contributed by atoms with Gasteiger partial charge in [0.1, 0.15) is 5.84 Å². The van der Waals surface area contributed by atoms with Crippen molar-refractivity contribution < 1.29 is 5.21 Å². The van der Waals surface area contributed by atoms with Crippen molar-refractivity contribution in [2.24, 2.45) is 10.9 Å². The Labute approximate surface area is 101 Å². The highest BCUT2D eigenvalue weighted by Gasteiger charge is 2.15. The van der Waals surface area contributed by atoms with Gasteiger partial charge in [-0.3, -0.25) is 0 Å². The molecule has 0 aliphatic carbocycles. The molecule has 0 aliphatic heterocycles. The summed E-state index contributed by atoms with van der Waals surface area (Å²) in [4.78, 5) is 0. The molecule has 88 valence electrons. The van der Waals surface area contributed by atoms with Crippen molar-refractivity contribution in [3.8, 4) is 0 Å². The van der Waals surface area contributed by atoms with E-state index in [0.717, 1.165) is 23.5 Å². The maximum atomic E-state index is 8.78. The first kappa shape index (κ1) is 12.9. The lowest BCUT2D eigenvalue weighted by atomic mass is 10.0. The molecule has 0 amide bonds. The third-order valence-electron chi connectivity index (χ3n) is 2.31. The van der Waals surface area contributed by atoms with Gasteiger partial charge in [0.05, 0.1) is 5.92 Å². The molecular formula is C12H18N2OS. The highest BCUT2D eigenvalue weighted by molar-refractivity contribution is 7.99. The number of nitrogens with zero attached hydrogens (tertiary/aromatic N) is 1. The molecule has 0 bridgehead atoms. The number of rotatable bonds is 6. The molecule has 1 atom stereocenters. The van der Waals surface area contributed by atoms with Crippen LogP contribution in [-0.4, -0.2) is 22.5 Å². The Morgan fingerprint density at radius 3 is 2.69 bits per heavy atom. The second-order valence-corrected chi connectivity index (χ2v) is 4.71. The van der Waals surface area contributed by atoms with Crippen LogP contribution < -0.4 is 5.73 Å².